The first-order chi connectivity index (χ1) is 6.63. The predicted molar refractivity (Wildman–Crippen MR) is 66.2 cm³/mol. The lowest BCUT2D eigenvalue weighted by Gasteiger charge is -2.22. The summed E-state index contributed by atoms with van der Waals surface area (Å²) in [6.07, 6.45) is 2.15. The second-order valence-electron chi connectivity index (χ2n) is 3.75. The highest BCUT2D eigenvalue weighted by atomic mass is 32.2. The summed E-state index contributed by atoms with van der Waals surface area (Å²) in [4.78, 5) is 4.28. The number of aromatic nitrogens is 1. The maximum Gasteiger partial charge on any atom is 0.0812 e. The maximum atomic E-state index is 4.28. The van der Waals surface area contributed by atoms with E-state index in [1.165, 1.54) is 10.3 Å². The Morgan fingerprint density at radius 2 is 2.14 bits per heavy atom. The highest BCUT2D eigenvalue weighted by Gasteiger charge is 2.19. The van der Waals surface area contributed by atoms with Gasteiger partial charge in [0.15, 0.2) is 0 Å². The van der Waals surface area contributed by atoms with Crippen molar-refractivity contribution < 1.29 is 0 Å². The Labute approximate surface area is 92.6 Å². The minimum Gasteiger partial charge on any atom is -0.245 e. The smallest absolute Gasteiger partial charge is 0.0812 e. The molecule has 3 heteroatoms. The van der Waals surface area contributed by atoms with E-state index in [1.54, 1.807) is 11.3 Å². The van der Waals surface area contributed by atoms with Crippen LogP contribution in [0.25, 0.3) is 10.2 Å². The van der Waals surface area contributed by atoms with Crippen LogP contribution >= 0.6 is 23.1 Å². The van der Waals surface area contributed by atoms with E-state index in [-0.39, 0.29) is 4.75 Å². The van der Waals surface area contributed by atoms with Crippen LogP contribution in [0.1, 0.15) is 19.4 Å². The summed E-state index contributed by atoms with van der Waals surface area (Å²) in [5.74, 6) is 0. The number of hydrogen-bond acceptors (Lipinski definition) is 3. The van der Waals surface area contributed by atoms with E-state index >= 15 is 0 Å². The van der Waals surface area contributed by atoms with Crippen LogP contribution in [0.2, 0.25) is 0 Å². The molecule has 0 radical (unpaired) electrons. The molecule has 0 amide bonds. The van der Waals surface area contributed by atoms with Gasteiger partial charge in [0.25, 0.3) is 0 Å². The van der Waals surface area contributed by atoms with Gasteiger partial charge >= 0.3 is 0 Å². The third-order valence-corrected chi connectivity index (χ3v) is 4.58. The molecule has 1 heterocycles. The van der Waals surface area contributed by atoms with Crippen LogP contribution in [0, 0.1) is 0 Å². The number of hydrogen-bond donors (Lipinski definition) is 0. The summed E-state index contributed by atoms with van der Waals surface area (Å²) < 4.78 is 1.47. The van der Waals surface area contributed by atoms with E-state index in [9.17, 15) is 0 Å². The minimum absolute atomic E-state index is 0.193. The van der Waals surface area contributed by atoms with Crippen molar-refractivity contribution in [1.29, 1.82) is 0 Å². The lowest BCUT2D eigenvalue weighted by atomic mass is 10.0. The molecule has 0 N–H and O–H groups in total. The van der Waals surface area contributed by atoms with Crippen LogP contribution in [0.5, 0.6) is 0 Å². The summed E-state index contributed by atoms with van der Waals surface area (Å²) in [7, 11) is 0. The highest BCUT2D eigenvalue weighted by molar-refractivity contribution is 7.99. The fourth-order valence-corrected chi connectivity index (χ4v) is 2.43. The van der Waals surface area contributed by atoms with Gasteiger partial charge in [0.2, 0.25) is 0 Å². The van der Waals surface area contributed by atoms with E-state index in [1.807, 2.05) is 17.3 Å². The molecule has 2 rings (SSSR count). The summed E-state index contributed by atoms with van der Waals surface area (Å²) in [6.45, 7) is 4.50. The minimum atomic E-state index is 0.193. The summed E-state index contributed by atoms with van der Waals surface area (Å²) in [5.41, 5.74) is 4.39. The molecule has 2 aromatic rings. The second kappa shape index (κ2) is 3.55. The van der Waals surface area contributed by atoms with Crippen molar-refractivity contribution >= 4 is 33.3 Å². The van der Waals surface area contributed by atoms with Gasteiger partial charge in [0.05, 0.1) is 15.7 Å². The molecule has 0 aliphatic carbocycles. The van der Waals surface area contributed by atoms with Crippen LogP contribution in [0.3, 0.4) is 0 Å². The van der Waals surface area contributed by atoms with Gasteiger partial charge in [-0.1, -0.05) is 6.07 Å². The van der Waals surface area contributed by atoms with Crippen molar-refractivity contribution in [1.82, 2.24) is 4.98 Å². The molecule has 1 aromatic heterocycles. The molecule has 0 atom stereocenters. The zero-order valence-corrected chi connectivity index (χ0v) is 10.2. The van der Waals surface area contributed by atoms with Crippen molar-refractivity contribution in [3.05, 3.63) is 29.3 Å². The number of benzene rings is 1. The van der Waals surface area contributed by atoms with Gasteiger partial charge in [-0.2, -0.15) is 11.8 Å². The van der Waals surface area contributed by atoms with Crippen LogP contribution < -0.4 is 0 Å². The average molecular weight is 223 g/mol. The van der Waals surface area contributed by atoms with E-state index in [4.69, 9.17) is 0 Å². The lowest BCUT2D eigenvalue weighted by Crippen LogP contribution is -2.10. The standard InChI is InChI=1S/C11H13NS2/c1-11(2,13-3)8-4-5-9-10(6-8)14-7-12-9/h4-7H,1-3H3. The third kappa shape index (κ3) is 1.66. The summed E-state index contributed by atoms with van der Waals surface area (Å²) in [5, 5.41) is 0. The Kier molecular flexibility index (Phi) is 2.54. The van der Waals surface area contributed by atoms with Crippen molar-refractivity contribution in [2.45, 2.75) is 18.6 Å². The first-order valence-electron chi connectivity index (χ1n) is 4.52. The van der Waals surface area contributed by atoms with Gasteiger partial charge in [0, 0.05) is 4.75 Å². The van der Waals surface area contributed by atoms with Crippen LogP contribution in [0.15, 0.2) is 23.7 Å². The quantitative estimate of drug-likeness (QED) is 0.766. The molecule has 0 fully saturated rings. The van der Waals surface area contributed by atoms with Gasteiger partial charge in [-0.15, -0.1) is 11.3 Å². The van der Waals surface area contributed by atoms with Crippen LogP contribution in [-0.4, -0.2) is 11.2 Å². The Bertz CT molecular complexity index is 445. The van der Waals surface area contributed by atoms with Crippen molar-refractivity contribution in [3.63, 3.8) is 0 Å². The van der Waals surface area contributed by atoms with Gasteiger partial charge in [-0.3, -0.25) is 0 Å². The Balaban J connectivity index is 2.53. The van der Waals surface area contributed by atoms with E-state index in [0.717, 1.165) is 5.52 Å². The molecule has 14 heavy (non-hydrogen) atoms. The van der Waals surface area contributed by atoms with Gasteiger partial charge in [0.1, 0.15) is 0 Å². The molecule has 1 nitrogen and oxygen atoms in total. The number of thiazole rings is 1. The molecule has 0 unspecified atom stereocenters. The molecule has 74 valence electrons. The first kappa shape index (κ1) is 9.99. The molecule has 0 saturated heterocycles. The van der Waals surface area contributed by atoms with Gasteiger partial charge < -0.3 is 0 Å². The van der Waals surface area contributed by atoms with E-state index in [2.05, 4.69) is 43.3 Å². The summed E-state index contributed by atoms with van der Waals surface area (Å²) in [6, 6.07) is 6.54. The molecule has 0 aliphatic heterocycles. The molecule has 0 bridgehead atoms. The van der Waals surface area contributed by atoms with Crippen molar-refractivity contribution in [2.75, 3.05) is 6.26 Å². The second-order valence-corrected chi connectivity index (χ2v) is 6.06. The molecule has 0 spiro atoms. The predicted octanol–water partition coefficient (Wildman–Crippen LogP) is 3.89. The number of fused-ring (bicyclic) bond motifs is 1. The molecule has 1 aromatic carbocycles. The van der Waals surface area contributed by atoms with E-state index < -0.39 is 0 Å². The number of nitrogens with zero attached hydrogens (tertiary/aromatic N) is 1. The highest BCUT2D eigenvalue weighted by Crippen LogP contribution is 2.35. The van der Waals surface area contributed by atoms with Gasteiger partial charge in [-0.25, -0.2) is 4.98 Å². The van der Waals surface area contributed by atoms with Gasteiger partial charge in [-0.05, 0) is 37.8 Å². The van der Waals surface area contributed by atoms with Crippen molar-refractivity contribution in [3.8, 4) is 0 Å². The summed E-state index contributed by atoms with van der Waals surface area (Å²) >= 11 is 3.58. The topological polar surface area (TPSA) is 12.9 Å². The van der Waals surface area contributed by atoms with Crippen molar-refractivity contribution in [2.24, 2.45) is 0 Å². The normalized spacial score (nSPS) is 12.2. The largest absolute Gasteiger partial charge is 0.245 e. The maximum absolute atomic E-state index is 4.28. The zero-order chi connectivity index (χ0) is 10.2. The Hall–Kier alpha value is -0.540. The number of thioether (sulfide) groups is 1. The lowest BCUT2D eigenvalue weighted by molar-refractivity contribution is 0.787. The molecular weight excluding hydrogens is 210 g/mol. The molecule has 0 saturated carbocycles. The molecule has 0 aliphatic rings. The third-order valence-electron chi connectivity index (χ3n) is 2.54. The monoisotopic (exact) mass is 223 g/mol. The van der Waals surface area contributed by atoms with Crippen LogP contribution in [-0.2, 0) is 4.75 Å². The SMILES string of the molecule is CSC(C)(C)c1ccc2ncsc2c1. The van der Waals surface area contributed by atoms with Crippen LogP contribution in [0.4, 0.5) is 0 Å². The Morgan fingerprint density at radius 3 is 2.86 bits per heavy atom. The van der Waals surface area contributed by atoms with E-state index in [0.29, 0.717) is 0 Å². The fraction of sp³-hybridized carbons (Fsp3) is 0.364. The zero-order valence-electron chi connectivity index (χ0n) is 8.57. The molecular formula is C11H13NS2. The fourth-order valence-electron chi connectivity index (χ4n) is 1.35. The Morgan fingerprint density at radius 1 is 1.36 bits per heavy atom. The first-order valence-corrected chi connectivity index (χ1v) is 6.63. The number of rotatable bonds is 2. The average Bonchev–Trinajstić information content (AvgIpc) is 2.64.